The summed E-state index contributed by atoms with van der Waals surface area (Å²) in [5.41, 5.74) is 2.58. The highest BCUT2D eigenvalue weighted by Crippen LogP contribution is 2.36. The molecule has 1 N–H and O–H groups in total. The second-order valence-electron chi connectivity index (χ2n) is 12.6. The average molecular weight is 612 g/mol. The van der Waals surface area contributed by atoms with Gasteiger partial charge in [0.05, 0.1) is 29.8 Å². The average Bonchev–Trinajstić information content (AvgIpc) is 3.39. The smallest absolute Gasteiger partial charge is 0.410 e. The van der Waals surface area contributed by atoms with Crippen molar-refractivity contribution in [3.05, 3.63) is 60.6 Å². The van der Waals surface area contributed by atoms with Crippen molar-refractivity contribution >= 4 is 45.6 Å². The molecule has 0 spiro atoms. The van der Waals surface area contributed by atoms with E-state index >= 15 is 4.39 Å². The lowest BCUT2D eigenvalue weighted by atomic mass is 9.91. The fraction of sp³-hybridized carbons (Fsp3) is 0.375. The highest BCUT2D eigenvalue weighted by Gasteiger charge is 2.43. The lowest BCUT2D eigenvalue weighted by Gasteiger charge is -2.51. The summed E-state index contributed by atoms with van der Waals surface area (Å²) < 4.78 is 29.1. The number of anilines is 3. The molecule has 3 fully saturated rings. The summed E-state index contributed by atoms with van der Waals surface area (Å²) in [5.74, 6) is 1.50. The molecule has 2 atom stereocenters. The number of halogens is 1. The zero-order valence-corrected chi connectivity index (χ0v) is 25.8. The first-order valence-corrected chi connectivity index (χ1v) is 14.9. The predicted molar refractivity (Wildman–Crippen MR) is 167 cm³/mol. The first-order chi connectivity index (χ1) is 21.5. The Bertz CT molecular complexity index is 1940. The van der Waals surface area contributed by atoms with Crippen molar-refractivity contribution in [2.45, 2.75) is 58.2 Å². The zero-order chi connectivity index (χ0) is 31.5. The fourth-order valence-corrected chi connectivity index (χ4v) is 6.02. The Hall–Kier alpha value is -5.07. The molecule has 5 aromatic rings. The van der Waals surface area contributed by atoms with Gasteiger partial charge in [0.15, 0.2) is 17.3 Å². The van der Waals surface area contributed by atoms with Crippen molar-refractivity contribution in [3.8, 4) is 11.5 Å². The third-order valence-electron chi connectivity index (χ3n) is 8.26. The van der Waals surface area contributed by atoms with E-state index in [0.717, 1.165) is 24.3 Å². The van der Waals surface area contributed by atoms with Crippen LogP contribution in [0.15, 0.2) is 49.2 Å². The molecular formula is C32H34FN9O3. The molecule has 2 bridgehead atoms. The van der Waals surface area contributed by atoms with Crippen LogP contribution in [0.5, 0.6) is 11.5 Å². The Morgan fingerprint density at radius 2 is 1.84 bits per heavy atom. The predicted octanol–water partition coefficient (Wildman–Crippen LogP) is 5.88. The summed E-state index contributed by atoms with van der Waals surface area (Å²) in [4.78, 5) is 39.4. The third kappa shape index (κ3) is 5.42. The monoisotopic (exact) mass is 611 g/mol. The van der Waals surface area contributed by atoms with E-state index in [1.807, 2.05) is 49.4 Å². The van der Waals surface area contributed by atoms with Crippen LogP contribution in [0.2, 0.25) is 0 Å². The minimum Gasteiger partial charge on any atom is -0.455 e. The first-order valence-electron chi connectivity index (χ1n) is 14.9. The molecule has 3 aliphatic heterocycles. The Morgan fingerprint density at radius 1 is 1.02 bits per heavy atom. The number of piperazine rings is 1. The van der Waals surface area contributed by atoms with E-state index < -0.39 is 11.4 Å². The highest BCUT2D eigenvalue weighted by atomic mass is 19.1. The van der Waals surface area contributed by atoms with Gasteiger partial charge in [0.25, 0.3) is 0 Å². The van der Waals surface area contributed by atoms with E-state index in [9.17, 15) is 4.79 Å². The highest BCUT2D eigenvalue weighted by molar-refractivity contribution is 5.88. The molecule has 0 saturated carbocycles. The van der Waals surface area contributed by atoms with Gasteiger partial charge in [-0.15, -0.1) is 0 Å². The molecule has 12 nitrogen and oxygen atoms in total. The molecule has 45 heavy (non-hydrogen) atoms. The van der Waals surface area contributed by atoms with Crippen LogP contribution < -0.4 is 15.0 Å². The lowest BCUT2D eigenvalue weighted by Crippen LogP contribution is -2.64. The normalized spacial score (nSPS) is 18.1. The summed E-state index contributed by atoms with van der Waals surface area (Å²) in [7, 11) is 1.87. The van der Waals surface area contributed by atoms with Gasteiger partial charge in [-0.2, -0.15) is 0 Å². The second kappa shape index (κ2) is 10.8. The minimum atomic E-state index is -0.547. The number of ether oxygens (including phenoxy) is 2. The topological polar surface area (TPSA) is 123 Å². The second-order valence-corrected chi connectivity index (χ2v) is 12.6. The molecule has 1 amide bonds. The number of hydrogen-bond donors (Lipinski definition) is 1. The van der Waals surface area contributed by atoms with Crippen molar-refractivity contribution in [2.75, 3.05) is 23.3 Å². The molecule has 0 radical (unpaired) electrons. The lowest BCUT2D eigenvalue weighted by molar-refractivity contribution is 0.000789. The molecule has 7 heterocycles. The Kier molecular flexibility index (Phi) is 6.90. The summed E-state index contributed by atoms with van der Waals surface area (Å²) in [6, 6.07) is 9.05. The molecule has 0 aliphatic carbocycles. The molecule has 3 aliphatic rings. The van der Waals surface area contributed by atoms with Crippen molar-refractivity contribution in [2.24, 2.45) is 7.05 Å². The molecule has 1 aromatic carbocycles. The fourth-order valence-electron chi connectivity index (χ4n) is 6.02. The maximum absolute atomic E-state index is 15.7. The van der Waals surface area contributed by atoms with E-state index in [-0.39, 0.29) is 23.9 Å². The van der Waals surface area contributed by atoms with Crippen molar-refractivity contribution in [3.63, 3.8) is 0 Å². The number of pyridine rings is 2. The maximum atomic E-state index is 15.7. The van der Waals surface area contributed by atoms with Crippen molar-refractivity contribution < 1.29 is 18.7 Å². The number of carbonyl (C=O) groups excluding carboxylic acids is 1. The van der Waals surface area contributed by atoms with Crippen molar-refractivity contribution in [1.82, 2.24) is 34.4 Å². The van der Waals surface area contributed by atoms with Crippen molar-refractivity contribution in [1.29, 1.82) is 0 Å². The third-order valence-corrected chi connectivity index (χ3v) is 8.26. The number of hydrogen-bond acceptors (Lipinski definition) is 10. The van der Waals surface area contributed by atoms with Gasteiger partial charge < -0.3 is 29.2 Å². The van der Waals surface area contributed by atoms with Gasteiger partial charge in [-0.25, -0.2) is 34.1 Å². The van der Waals surface area contributed by atoms with E-state index in [1.54, 1.807) is 37.6 Å². The Labute approximate surface area is 259 Å². The molecule has 8 rings (SSSR count). The van der Waals surface area contributed by atoms with Crippen LogP contribution in [0.4, 0.5) is 26.5 Å². The number of amides is 1. The van der Waals surface area contributed by atoms with Gasteiger partial charge in [0.2, 0.25) is 0 Å². The van der Waals surface area contributed by atoms with Crippen LogP contribution in [0.25, 0.3) is 22.2 Å². The number of piperidine rings is 2. The molecule has 232 valence electrons. The largest absolute Gasteiger partial charge is 0.455 e. The number of aromatic nitrogens is 6. The van der Waals surface area contributed by atoms with Gasteiger partial charge in [-0.1, -0.05) is 0 Å². The molecule has 4 aromatic heterocycles. The number of nitrogens with one attached hydrogen (secondary N) is 1. The molecular weight excluding hydrogens is 577 g/mol. The van der Waals surface area contributed by atoms with Crippen LogP contribution in [-0.2, 0) is 11.8 Å². The van der Waals surface area contributed by atoms with Crippen LogP contribution in [-0.4, -0.2) is 71.3 Å². The molecule has 0 unspecified atom stereocenters. The van der Waals surface area contributed by atoms with Gasteiger partial charge in [0.1, 0.15) is 40.3 Å². The maximum Gasteiger partial charge on any atom is 0.410 e. The van der Waals surface area contributed by atoms with E-state index in [2.05, 4.69) is 30.2 Å². The van der Waals surface area contributed by atoms with E-state index in [1.165, 1.54) is 6.33 Å². The van der Waals surface area contributed by atoms with Crippen LogP contribution in [0.1, 0.15) is 39.2 Å². The summed E-state index contributed by atoms with van der Waals surface area (Å²) in [5, 5.41) is 3.12. The van der Waals surface area contributed by atoms with Gasteiger partial charge in [-0.05, 0) is 64.8 Å². The minimum absolute atomic E-state index is 0.0337. The number of rotatable bonds is 5. The summed E-state index contributed by atoms with van der Waals surface area (Å²) in [6.45, 7) is 8.51. The number of aryl methyl sites for hydroxylation is 1. The van der Waals surface area contributed by atoms with Crippen LogP contribution in [0, 0.1) is 12.7 Å². The summed E-state index contributed by atoms with van der Waals surface area (Å²) >= 11 is 0. The first kappa shape index (κ1) is 28.7. The Morgan fingerprint density at radius 3 is 2.62 bits per heavy atom. The van der Waals surface area contributed by atoms with E-state index in [4.69, 9.17) is 14.5 Å². The SMILES string of the molecule is Cc1c(Oc2cnc3c(c2)ncn3C)ccc(Nc2ncnc3ccc(N4C[C@H]5CC[C@@H]4CN5C(=O)OC(C)(C)C)nc23)c1F. The van der Waals surface area contributed by atoms with Gasteiger partial charge in [0, 0.05) is 37.8 Å². The number of nitrogens with zero attached hydrogens (tertiary/aromatic N) is 8. The number of carbonyl (C=O) groups is 1. The number of imidazole rings is 1. The summed E-state index contributed by atoms with van der Waals surface area (Å²) in [6.07, 6.45) is 6.28. The number of benzene rings is 1. The van der Waals surface area contributed by atoms with Gasteiger partial charge in [-0.3, -0.25) is 0 Å². The van der Waals surface area contributed by atoms with Crippen LogP contribution in [0.3, 0.4) is 0 Å². The Balaban J connectivity index is 1.12. The zero-order valence-electron chi connectivity index (χ0n) is 25.8. The standard InChI is InChI=1S/C32H34FN9O3/c1-18-25(44-21-12-24-30(34-13-21)40(5)17-37-24)10-8-22(27(18)33)38-29-28-23(35-16-36-29)9-11-26(39-28)41-14-20-7-6-19(41)15-42(20)31(43)45-32(2,3)4/h8-13,16-17,19-20H,6-7,14-15H2,1-5H3,(H,35,36,38)/t19-,20-/m1/s1. The van der Waals surface area contributed by atoms with Gasteiger partial charge >= 0.3 is 6.09 Å². The van der Waals surface area contributed by atoms with E-state index in [0.29, 0.717) is 52.5 Å². The van der Waals surface area contributed by atoms with Crippen LogP contribution >= 0.6 is 0 Å². The number of fused-ring (bicyclic) bond motifs is 5. The molecule has 13 heteroatoms. The molecule has 3 saturated heterocycles. The quantitative estimate of drug-likeness (QED) is 0.258.